The number of nitrogens with zero attached hydrogens (tertiary/aromatic N) is 3. The first-order chi connectivity index (χ1) is 16.3. The van der Waals surface area contributed by atoms with Gasteiger partial charge in [-0.3, -0.25) is 9.59 Å². The van der Waals surface area contributed by atoms with Crippen LogP contribution < -0.4 is 4.90 Å². The Hall–Kier alpha value is -2.90. The molecule has 4 aliphatic heterocycles. The van der Waals surface area contributed by atoms with Gasteiger partial charge >= 0.3 is 0 Å². The van der Waals surface area contributed by atoms with Crippen molar-refractivity contribution in [3.8, 4) is 0 Å². The Morgan fingerprint density at radius 3 is 2.44 bits per heavy atom. The second kappa shape index (κ2) is 7.55. The number of hydrogen-bond donors (Lipinski definition) is 0. The molecule has 0 aromatic heterocycles. The number of aliphatic imine (C=N–C) groups is 1. The van der Waals surface area contributed by atoms with Gasteiger partial charge in [0, 0.05) is 29.6 Å². The smallest absolute Gasteiger partial charge is 0.287 e. The topological polar surface area (TPSA) is 62.2 Å². The monoisotopic (exact) mass is 473 g/mol. The molecule has 4 aliphatic rings. The molecule has 7 heteroatoms. The lowest BCUT2D eigenvalue weighted by Gasteiger charge is -2.49. The van der Waals surface area contributed by atoms with E-state index in [1.807, 2.05) is 23.1 Å². The van der Waals surface area contributed by atoms with Crippen molar-refractivity contribution >= 4 is 40.0 Å². The fourth-order valence-electron chi connectivity index (χ4n) is 6.00. The summed E-state index contributed by atoms with van der Waals surface area (Å²) in [6.45, 7) is 9.14. The van der Waals surface area contributed by atoms with Gasteiger partial charge in [-0.05, 0) is 43.2 Å². The first-order valence-electron chi connectivity index (χ1n) is 11.7. The SMILES string of the molecule is CC1(c2ccccc2)CC(C)(C)N2C(=O)/C(=C3\SC(N4CCOCC4)=NC3=O)c3cccc1c32. The second-order valence-electron chi connectivity index (χ2n) is 10.1. The molecule has 0 aliphatic carbocycles. The molecule has 1 saturated heterocycles. The largest absolute Gasteiger partial charge is 0.378 e. The van der Waals surface area contributed by atoms with E-state index >= 15 is 0 Å². The van der Waals surface area contributed by atoms with Gasteiger partial charge in [0.15, 0.2) is 5.17 Å². The highest BCUT2D eigenvalue weighted by Gasteiger charge is 2.53. The number of anilines is 1. The van der Waals surface area contributed by atoms with Gasteiger partial charge in [-0.2, -0.15) is 4.99 Å². The number of morpholine rings is 1. The fraction of sp³-hybridized carbons (Fsp3) is 0.370. The molecule has 0 saturated carbocycles. The predicted molar refractivity (Wildman–Crippen MR) is 135 cm³/mol. The molecule has 0 bridgehead atoms. The molecule has 6 nitrogen and oxygen atoms in total. The first-order valence-corrected chi connectivity index (χ1v) is 12.5. The third kappa shape index (κ3) is 3.03. The molecule has 0 radical (unpaired) electrons. The predicted octanol–water partition coefficient (Wildman–Crippen LogP) is 4.19. The first kappa shape index (κ1) is 21.6. The Balaban J connectivity index is 1.51. The number of hydrogen-bond acceptors (Lipinski definition) is 5. The third-order valence-corrected chi connectivity index (χ3v) is 8.55. The maximum atomic E-state index is 14.0. The Morgan fingerprint density at radius 2 is 1.71 bits per heavy atom. The normalized spacial score (nSPS) is 27.8. The standard InChI is InChI=1S/C27H27N3O3S/c1-26(2)16-27(3,17-8-5-4-6-9-17)19-11-7-10-18-20(24(32)30(26)21(18)19)22-23(31)28-25(34-22)29-12-14-33-15-13-29/h4-11H,12-16H2,1-3H3/b22-20-. The Bertz CT molecular complexity index is 1280. The van der Waals surface area contributed by atoms with Gasteiger partial charge in [0.2, 0.25) is 0 Å². The number of carbonyl (C=O) groups excluding carboxylic acids is 2. The lowest BCUT2D eigenvalue weighted by atomic mass is 9.65. The van der Waals surface area contributed by atoms with E-state index < -0.39 is 5.54 Å². The molecule has 6 rings (SSSR count). The van der Waals surface area contributed by atoms with Crippen molar-refractivity contribution in [1.29, 1.82) is 0 Å². The van der Waals surface area contributed by atoms with Crippen molar-refractivity contribution in [2.45, 2.75) is 38.1 Å². The summed E-state index contributed by atoms with van der Waals surface area (Å²) >= 11 is 1.33. The van der Waals surface area contributed by atoms with Crippen LogP contribution in [0.15, 0.2) is 58.4 Å². The molecule has 2 amide bonds. The molecule has 34 heavy (non-hydrogen) atoms. The number of thioether (sulfide) groups is 1. The maximum Gasteiger partial charge on any atom is 0.287 e. The molecule has 1 unspecified atom stereocenters. The van der Waals surface area contributed by atoms with Crippen LogP contribution in [0.4, 0.5) is 5.69 Å². The van der Waals surface area contributed by atoms with E-state index in [0.717, 1.165) is 23.2 Å². The van der Waals surface area contributed by atoms with Gasteiger partial charge < -0.3 is 14.5 Å². The Labute approximate surface area is 203 Å². The fourth-order valence-corrected chi connectivity index (χ4v) is 7.06. The number of carbonyl (C=O) groups is 2. The van der Waals surface area contributed by atoms with Crippen LogP contribution in [0, 0.1) is 0 Å². The van der Waals surface area contributed by atoms with Crippen molar-refractivity contribution < 1.29 is 14.3 Å². The number of amidine groups is 1. The van der Waals surface area contributed by atoms with Crippen molar-refractivity contribution in [3.63, 3.8) is 0 Å². The minimum absolute atomic E-state index is 0.100. The van der Waals surface area contributed by atoms with E-state index in [1.165, 1.54) is 17.3 Å². The second-order valence-corrected chi connectivity index (χ2v) is 11.1. The van der Waals surface area contributed by atoms with Gasteiger partial charge in [-0.15, -0.1) is 0 Å². The van der Waals surface area contributed by atoms with Crippen molar-refractivity contribution in [3.05, 3.63) is 70.1 Å². The lowest BCUT2D eigenvalue weighted by molar-refractivity contribution is -0.115. The van der Waals surface area contributed by atoms with Crippen LogP contribution in [0.2, 0.25) is 0 Å². The van der Waals surface area contributed by atoms with E-state index in [0.29, 0.717) is 41.9 Å². The summed E-state index contributed by atoms with van der Waals surface area (Å²) < 4.78 is 5.44. The van der Waals surface area contributed by atoms with Gasteiger partial charge in [0.05, 0.1) is 29.4 Å². The van der Waals surface area contributed by atoms with E-state index in [1.54, 1.807) is 0 Å². The molecule has 4 heterocycles. The summed E-state index contributed by atoms with van der Waals surface area (Å²) in [5, 5.41) is 0.669. The zero-order chi connectivity index (χ0) is 23.7. The van der Waals surface area contributed by atoms with Crippen LogP contribution in [-0.4, -0.2) is 53.7 Å². The van der Waals surface area contributed by atoms with Crippen molar-refractivity contribution in [1.82, 2.24) is 4.90 Å². The highest BCUT2D eigenvalue weighted by molar-refractivity contribution is 8.18. The van der Waals surface area contributed by atoms with Crippen molar-refractivity contribution in [2.24, 2.45) is 4.99 Å². The van der Waals surface area contributed by atoms with Crippen LogP contribution in [0.3, 0.4) is 0 Å². The number of ether oxygens (including phenoxy) is 1. The number of benzene rings is 2. The highest BCUT2D eigenvalue weighted by atomic mass is 32.2. The highest BCUT2D eigenvalue weighted by Crippen LogP contribution is 2.57. The Morgan fingerprint density at radius 1 is 0.971 bits per heavy atom. The van der Waals surface area contributed by atoms with Crippen LogP contribution in [0.5, 0.6) is 0 Å². The quantitative estimate of drug-likeness (QED) is 0.581. The van der Waals surface area contributed by atoms with E-state index in [9.17, 15) is 9.59 Å². The maximum absolute atomic E-state index is 14.0. The van der Waals surface area contributed by atoms with Crippen LogP contribution in [0.1, 0.15) is 43.9 Å². The summed E-state index contributed by atoms with van der Waals surface area (Å²) in [7, 11) is 0. The average Bonchev–Trinajstić information content (AvgIpc) is 3.35. The average molecular weight is 474 g/mol. The molecule has 174 valence electrons. The van der Waals surface area contributed by atoms with Gasteiger partial charge in [-0.25, -0.2) is 0 Å². The molecule has 2 aromatic carbocycles. The zero-order valence-electron chi connectivity index (χ0n) is 19.6. The number of para-hydroxylation sites is 1. The molecule has 1 atom stereocenters. The Kier molecular flexibility index (Phi) is 4.80. The van der Waals surface area contributed by atoms with E-state index in [-0.39, 0.29) is 17.2 Å². The minimum Gasteiger partial charge on any atom is -0.378 e. The minimum atomic E-state index is -0.423. The van der Waals surface area contributed by atoms with Crippen LogP contribution in [0.25, 0.3) is 5.57 Å². The molecular formula is C27H27N3O3S. The summed E-state index contributed by atoms with van der Waals surface area (Å²) in [5.41, 5.74) is 3.95. The molecule has 1 fully saturated rings. The third-order valence-electron chi connectivity index (χ3n) is 7.44. The lowest BCUT2D eigenvalue weighted by Crippen LogP contribution is -2.54. The summed E-state index contributed by atoms with van der Waals surface area (Å²) in [6, 6.07) is 16.6. The zero-order valence-corrected chi connectivity index (χ0v) is 20.4. The summed E-state index contributed by atoms with van der Waals surface area (Å²) in [5.74, 6) is -0.423. The van der Waals surface area contributed by atoms with Crippen LogP contribution in [-0.2, 0) is 19.7 Å². The van der Waals surface area contributed by atoms with Gasteiger partial charge in [0.1, 0.15) is 0 Å². The summed E-state index contributed by atoms with van der Waals surface area (Å²) in [6.07, 6.45) is 0.783. The molecule has 2 aromatic rings. The van der Waals surface area contributed by atoms with E-state index in [2.05, 4.69) is 61.0 Å². The number of amides is 2. The van der Waals surface area contributed by atoms with E-state index in [4.69, 9.17) is 4.74 Å². The summed E-state index contributed by atoms with van der Waals surface area (Å²) in [4.78, 5) is 35.8. The number of rotatable bonds is 1. The van der Waals surface area contributed by atoms with Crippen molar-refractivity contribution in [2.75, 3.05) is 31.2 Å². The molecule has 0 spiro atoms. The molecule has 0 N–H and O–H groups in total. The van der Waals surface area contributed by atoms with Gasteiger partial charge in [-0.1, -0.05) is 55.5 Å². The van der Waals surface area contributed by atoms with Crippen LogP contribution >= 0.6 is 11.8 Å². The van der Waals surface area contributed by atoms with Gasteiger partial charge in [0.25, 0.3) is 11.8 Å². The molecular weight excluding hydrogens is 446 g/mol.